The van der Waals surface area contributed by atoms with Crippen LogP contribution >= 0.6 is 0 Å². The topological polar surface area (TPSA) is 82.7 Å². The lowest BCUT2D eigenvalue weighted by Crippen LogP contribution is -2.53. The third-order valence-corrected chi connectivity index (χ3v) is 2.58. The second kappa shape index (κ2) is 5.07. The number of amides is 1. The monoisotopic (exact) mass is 223 g/mol. The van der Waals surface area contributed by atoms with Gasteiger partial charge in [0.05, 0.1) is 6.04 Å². The number of nitrogens with one attached hydrogen (secondary N) is 3. The zero-order valence-electron chi connectivity index (χ0n) is 9.42. The molecule has 2 heterocycles. The van der Waals surface area contributed by atoms with Crippen molar-refractivity contribution in [1.82, 2.24) is 25.8 Å². The average molecular weight is 223 g/mol. The van der Waals surface area contributed by atoms with Gasteiger partial charge in [0.2, 0.25) is 5.91 Å². The van der Waals surface area contributed by atoms with E-state index in [0.717, 1.165) is 31.0 Å². The molecule has 0 bridgehead atoms. The number of piperazine rings is 1. The van der Waals surface area contributed by atoms with Gasteiger partial charge in [-0.15, -0.1) is 0 Å². The van der Waals surface area contributed by atoms with Crippen LogP contribution in [0.4, 0.5) is 0 Å². The first-order valence-corrected chi connectivity index (χ1v) is 5.71. The fourth-order valence-electron chi connectivity index (χ4n) is 1.77. The van der Waals surface area contributed by atoms with Crippen LogP contribution in [0.25, 0.3) is 0 Å². The van der Waals surface area contributed by atoms with Gasteiger partial charge in [-0.2, -0.15) is 5.10 Å². The van der Waals surface area contributed by atoms with E-state index in [0.29, 0.717) is 13.0 Å². The number of carbonyl (C=O) groups is 1. The molecule has 1 unspecified atom stereocenters. The maximum atomic E-state index is 11.5. The summed E-state index contributed by atoms with van der Waals surface area (Å²) in [5, 5.41) is 13.0. The zero-order chi connectivity index (χ0) is 11.4. The lowest BCUT2D eigenvalue weighted by molar-refractivity contribution is -0.124. The summed E-state index contributed by atoms with van der Waals surface area (Å²) < 4.78 is 0. The van der Waals surface area contributed by atoms with Gasteiger partial charge in [0, 0.05) is 25.9 Å². The fourth-order valence-corrected chi connectivity index (χ4v) is 1.77. The highest BCUT2D eigenvalue weighted by molar-refractivity contribution is 5.82. The van der Waals surface area contributed by atoms with Crippen LogP contribution in [0.2, 0.25) is 0 Å². The van der Waals surface area contributed by atoms with Crippen molar-refractivity contribution in [3.05, 3.63) is 11.6 Å². The molecule has 3 N–H and O–H groups in total. The van der Waals surface area contributed by atoms with Crippen molar-refractivity contribution in [2.24, 2.45) is 0 Å². The molecule has 1 aliphatic rings. The lowest BCUT2D eigenvalue weighted by Gasteiger charge is -2.22. The number of hydrogen-bond donors (Lipinski definition) is 3. The van der Waals surface area contributed by atoms with Crippen molar-refractivity contribution in [3.63, 3.8) is 0 Å². The van der Waals surface area contributed by atoms with Crippen LogP contribution in [0, 0.1) is 0 Å². The number of aromatic amines is 1. The first-order valence-electron chi connectivity index (χ1n) is 5.71. The molecular weight excluding hydrogens is 206 g/mol. The Morgan fingerprint density at radius 1 is 1.44 bits per heavy atom. The second-order valence-corrected chi connectivity index (χ2v) is 3.95. The van der Waals surface area contributed by atoms with Gasteiger partial charge in [-0.1, -0.05) is 6.92 Å². The Labute approximate surface area is 94.2 Å². The van der Waals surface area contributed by atoms with Crippen LogP contribution in [0.5, 0.6) is 0 Å². The van der Waals surface area contributed by atoms with Gasteiger partial charge >= 0.3 is 0 Å². The van der Waals surface area contributed by atoms with E-state index >= 15 is 0 Å². The molecule has 6 heteroatoms. The van der Waals surface area contributed by atoms with Gasteiger partial charge in [0.1, 0.15) is 5.82 Å². The summed E-state index contributed by atoms with van der Waals surface area (Å²) in [5.74, 6) is 1.64. The van der Waals surface area contributed by atoms with Gasteiger partial charge < -0.3 is 10.6 Å². The van der Waals surface area contributed by atoms with E-state index in [2.05, 4.69) is 32.7 Å². The molecule has 6 nitrogen and oxygen atoms in total. The van der Waals surface area contributed by atoms with Crippen molar-refractivity contribution in [3.8, 4) is 0 Å². The molecule has 2 rings (SSSR count). The number of carbonyl (C=O) groups excluding carboxylic acids is 1. The zero-order valence-corrected chi connectivity index (χ0v) is 9.42. The predicted molar refractivity (Wildman–Crippen MR) is 58.9 cm³/mol. The maximum Gasteiger partial charge on any atom is 0.237 e. The van der Waals surface area contributed by atoms with Gasteiger partial charge in [-0.3, -0.25) is 9.89 Å². The highest BCUT2D eigenvalue weighted by Crippen LogP contribution is 2.01. The normalized spacial score (nSPS) is 20.8. The highest BCUT2D eigenvalue weighted by Gasteiger charge is 2.22. The van der Waals surface area contributed by atoms with Crippen LogP contribution in [-0.4, -0.2) is 40.2 Å². The Morgan fingerprint density at radius 3 is 3.06 bits per heavy atom. The minimum absolute atomic E-state index is 0.0414. The standard InChI is InChI=1S/C10H17N5O/c1-2-3-8-13-9(15-14-8)6-7-10(16)12-5-4-11-7/h7,11H,2-6H2,1H3,(H,12,16)(H,13,14,15). The number of aromatic nitrogens is 3. The number of rotatable bonds is 4. The van der Waals surface area contributed by atoms with Gasteiger partial charge in [-0.25, -0.2) is 4.98 Å². The summed E-state index contributed by atoms with van der Waals surface area (Å²) >= 11 is 0. The molecule has 1 aliphatic heterocycles. The smallest absolute Gasteiger partial charge is 0.237 e. The minimum Gasteiger partial charge on any atom is -0.353 e. The molecule has 1 amide bonds. The third-order valence-electron chi connectivity index (χ3n) is 2.58. The van der Waals surface area contributed by atoms with E-state index < -0.39 is 0 Å². The third kappa shape index (κ3) is 2.57. The number of hydrogen-bond acceptors (Lipinski definition) is 4. The number of H-pyrrole nitrogens is 1. The van der Waals surface area contributed by atoms with E-state index in [9.17, 15) is 4.79 Å². The molecular formula is C10H17N5O. The largest absolute Gasteiger partial charge is 0.353 e. The molecule has 0 saturated carbocycles. The van der Waals surface area contributed by atoms with Crippen LogP contribution in [0.3, 0.4) is 0 Å². The van der Waals surface area contributed by atoms with Gasteiger partial charge in [0.15, 0.2) is 5.82 Å². The molecule has 0 spiro atoms. The molecule has 0 aliphatic carbocycles. The van der Waals surface area contributed by atoms with Gasteiger partial charge in [0.25, 0.3) is 0 Å². The molecule has 1 aromatic heterocycles. The molecule has 1 aromatic rings. The number of aryl methyl sites for hydroxylation is 1. The molecule has 1 fully saturated rings. The molecule has 0 aromatic carbocycles. The Morgan fingerprint density at radius 2 is 2.31 bits per heavy atom. The van der Waals surface area contributed by atoms with E-state index in [-0.39, 0.29) is 11.9 Å². The second-order valence-electron chi connectivity index (χ2n) is 3.95. The summed E-state index contributed by atoms with van der Waals surface area (Å²) in [6, 6.07) is -0.184. The summed E-state index contributed by atoms with van der Waals surface area (Å²) in [7, 11) is 0. The molecule has 88 valence electrons. The molecule has 1 saturated heterocycles. The van der Waals surface area contributed by atoms with E-state index in [4.69, 9.17) is 0 Å². The van der Waals surface area contributed by atoms with Crippen molar-refractivity contribution in [1.29, 1.82) is 0 Å². The van der Waals surface area contributed by atoms with Crippen molar-refractivity contribution in [2.75, 3.05) is 13.1 Å². The van der Waals surface area contributed by atoms with Crippen LogP contribution in [0.15, 0.2) is 0 Å². The summed E-state index contributed by atoms with van der Waals surface area (Å²) in [6.45, 7) is 3.60. The van der Waals surface area contributed by atoms with E-state index in [1.54, 1.807) is 0 Å². The Bertz CT molecular complexity index is 362. The van der Waals surface area contributed by atoms with Crippen molar-refractivity contribution in [2.45, 2.75) is 32.2 Å². The van der Waals surface area contributed by atoms with Crippen molar-refractivity contribution >= 4 is 5.91 Å². The Hall–Kier alpha value is -1.43. The minimum atomic E-state index is -0.184. The molecule has 0 radical (unpaired) electrons. The maximum absolute atomic E-state index is 11.5. The van der Waals surface area contributed by atoms with Crippen molar-refractivity contribution < 1.29 is 4.79 Å². The summed E-state index contributed by atoms with van der Waals surface area (Å²) in [5.41, 5.74) is 0. The van der Waals surface area contributed by atoms with Gasteiger partial charge in [-0.05, 0) is 6.42 Å². The Balaban J connectivity index is 1.94. The summed E-state index contributed by atoms with van der Waals surface area (Å²) in [4.78, 5) is 15.8. The summed E-state index contributed by atoms with van der Waals surface area (Å²) in [6.07, 6.45) is 2.47. The Kier molecular flexibility index (Phi) is 3.51. The van der Waals surface area contributed by atoms with Crippen LogP contribution < -0.4 is 10.6 Å². The van der Waals surface area contributed by atoms with Crippen LogP contribution in [0.1, 0.15) is 25.0 Å². The molecule has 1 atom stereocenters. The fraction of sp³-hybridized carbons (Fsp3) is 0.700. The first kappa shape index (κ1) is 11.1. The predicted octanol–water partition coefficient (Wildman–Crippen LogP) is -0.612. The SMILES string of the molecule is CCCc1n[nH]c(CC2NCCNC2=O)n1. The number of nitrogens with zero attached hydrogens (tertiary/aromatic N) is 2. The lowest BCUT2D eigenvalue weighted by atomic mass is 10.1. The first-order chi connectivity index (χ1) is 7.79. The quantitative estimate of drug-likeness (QED) is 0.636. The average Bonchev–Trinajstić information content (AvgIpc) is 2.70. The molecule has 16 heavy (non-hydrogen) atoms. The van der Waals surface area contributed by atoms with E-state index in [1.807, 2.05) is 0 Å². The highest BCUT2D eigenvalue weighted by atomic mass is 16.2. The van der Waals surface area contributed by atoms with Crippen LogP contribution in [-0.2, 0) is 17.6 Å². The van der Waals surface area contributed by atoms with E-state index in [1.165, 1.54) is 0 Å².